The highest BCUT2D eigenvalue weighted by molar-refractivity contribution is 7.15. The molecule has 0 aliphatic heterocycles. The highest BCUT2D eigenvalue weighted by atomic mass is 32.1. The van der Waals surface area contributed by atoms with Gasteiger partial charge in [-0.05, 0) is 42.0 Å². The fourth-order valence-corrected chi connectivity index (χ4v) is 3.17. The van der Waals surface area contributed by atoms with Crippen LogP contribution in [0.15, 0.2) is 54.7 Å². The lowest BCUT2D eigenvalue weighted by Crippen LogP contribution is -2.12. The van der Waals surface area contributed by atoms with Crippen LogP contribution in [0.4, 0.5) is 15.2 Å². The monoisotopic (exact) mass is 369 g/mol. The summed E-state index contributed by atoms with van der Waals surface area (Å²) in [4.78, 5) is 28.5. The van der Waals surface area contributed by atoms with Gasteiger partial charge in [-0.1, -0.05) is 12.1 Å². The number of hydrogen-bond acceptors (Lipinski definition) is 4. The number of carbonyl (C=O) groups excluding carboxylic acids is 2. The maximum Gasteiger partial charge on any atom is 0.257 e. The minimum Gasteiger partial charge on any atom is -0.326 e. The largest absolute Gasteiger partial charge is 0.326 e. The fraction of sp³-hybridized carbons (Fsp3) is 0.105. The van der Waals surface area contributed by atoms with Gasteiger partial charge in [0.05, 0.1) is 0 Å². The standard InChI is InChI=1S/C19H16FN3O2S/c1-12(24)22-16-8-4-14(5-9-16)18(25)23-19-21-11-17(26-19)10-13-2-6-15(20)7-3-13/h2-9,11H,10H2,1H3,(H,22,24)(H,21,23,25). The Kier molecular flexibility index (Phi) is 5.38. The number of carbonyl (C=O) groups is 2. The number of amides is 2. The summed E-state index contributed by atoms with van der Waals surface area (Å²) in [5.74, 6) is -0.712. The number of halogens is 1. The molecule has 132 valence electrons. The molecule has 5 nitrogen and oxygen atoms in total. The second-order valence-corrected chi connectivity index (χ2v) is 6.76. The van der Waals surface area contributed by atoms with Crippen LogP contribution < -0.4 is 10.6 Å². The highest BCUT2D eigenvalue weighted by Gasteiger charge is 2.10. The molecule has 0 bridgehead atoms. The third-order valence-electron chi connectivity index (χ3n) is 3.53. The summed E-state index contributed by atoms with van der Waals surface area (Å²) < 4.78 is 12.9. The van der Waals surface area contributed by atoms with Crippen LogP contribution in [0.3, 0.4) is 0 Å². The maximum absolute atomic E-state index is 12.9. The van der Waals surface area contributed by atoms with Gasteiger partial charge in [0.15, 0.2) is 5.13 Å². The third kappa shape index (κ3) is 4.73. The molecule has 3 aromatic rings. The summed E-state index contributed by atoms with van der Waals surface area (Å²) in [5.41, 5.74) is 2.07. The molecule has 0 aliphatic carbocycles. The summed E-state index contributed by atoms with van der Waals surface area (Å²) >= 11 is 1.37. The van der Waals surface area contributed by atoms with Gasteiger partial charge in [-0.2, -0.15) is 0 Å². The van der Waals surface area contributed by atoms with Crippen LogP contribution in [0.2, 0.25) is 0 Å². The minimum atomic E-state index is -0.276. The minimum absolute atomic E-state index is 0.168. The van der Waals surface area contributed by atoms with Crippen molar-refractivity contribution in [3.63, 3.8) is 0 Å². The van der Waals surface area contributed by atoms with E-state index in [0.29, 0.717) is 22.8 Å². The van der Waals surface area contributed by atoms with Crippen LogP contribution >= 0.6 is 11.3 Å². The summed E-state index contributed by atoms with van der Waals surface area (Å²) in [6, 6.07) is 12.9. The van der Waals surface area contributed by atoms with E-state index in [4.69, 9.17) is 0 Å². The van der Waals surface area contributed by atoms with Gasteiger partial charge < -0.3 is 5.32 Å². The Morgan fingerprint density at radius 2 is 1.73 bits per heavy atom. The van der Waals surface area contributed by atoms with E-state index in [1.165, 1.54) is 30.4 Å². The van der Waals surface area contributed by atoms with Gasteiger partial charge in [-0.15, -0.1) is 11.3 Å². The Morgan fingerprint density at radius 1 is 1.04 bits per heavy atom. The molecule has 0 spiro atoms. The van der Waals surface area contributed by atoms with Crippen LogP contribution in [-0.4, -0.2) is 16.8 Å². The molecule has 1 heterocycles. The predicted octanol–water partition coefficient (Wildman–Crippen LogP) is 4.08. The predicted molar refractivity (Wildman–Crippen MR) is 100 cm³/mol. The SMILES string of the molecule is CC(=O)Nc1ccc(C(=O)Nc2ncc(Cc3ccc(F)cc3)s2)cc1. The van der Waals surface area contributed by atoms with E-state index in [2.05, 4.69) is 15.6 Å². The van der Waals surface area contributed by atoms with Crippen molar-refractivity contribution >= 4 is 34.0 Å². The fourth-order valence-electron chi connectivity index (χ4n) is 2.33. The van der Waals surface area contributed by atoms with E-state index in [9.17, 15) is 14.0 Å². The number of nitrogens with one attached hydrogen (secondary N) is 2. The molecule has 0 aliphatic rings. The topological polar surface area (TPSA) is 71.1 Å². The molecule has 1 aromatic heterocycles. The van der Waals surface area contributed by atoms with Crippen molar-refractivity contribution in [2.75, 3.05) is 10.6 Å². The van der Waals surface area contributed by atoms with Crippen molar-refractivity contribution in [3.05, 3.63) is 76.5 Å². The van der Waals surface area contributed by atoms with Crippen molar-refractivity contribution in [2.45, 2.75) is 13.3 Å². The Morgan fingerprint density at radius 3 is 2.38 bits per heavy atom. The molecule has 2 N–H and O–H groups in total. The Labute approximate surface area is 153 Å². The van der Waals surface area contributed by atoms with E-state index in [1.807, 2.05) is 0 Å². The van der Waals surface area contributed by atoms with Crippen LogP contribution in [0.25, 0.3) is 0 Å². The smallest absolute Gasteiger partial charge is 0.257 e. The van der Waals surface area contributed by atoms with E-state index in [-0.39, 0.29) is 17.6 Å². The van der Waals surface area contributed by atoms with E-state index in [1.54, 1.807) is 42.6 Å². The lowest BCUT2D eigenvalue weighted by atomic mass is 10.1. The first-order valence-electron chi connectivity index (χ1n) is 7.88. The van der Waals surface area contributed by atoms with E-state index < -0.39 is 0 Å². The van der Waals surface area contributed by atoms with E-state index >= 15 is 0 Å². The first kappa shape index (κ1) is 17.8. The maximum atomic E-state index is 12.9. The van der Waals surface area contributed by atoms with Crippen LogP contribution in [-0.2, 0) is 11.2 Å². The molecule has 3 rings (SSSR count). The zero-order valence-corrected chi connectivity index (χ0v) is 14.8. The van der Waals surface area contributed by atoms with Gasteiger partial charge in [0.2, 0.25) is 5.91 Å². The molecule has 0 unspecified atom stereocenters. The molecule has 7 heteroatoms. The zero-order valence-electron chi connectivity index (χ0n) is 14.0. The van der Waals surface area contributed by atoms with Crippen molar-refractivity contribution < 1.29 is 14.0 Å². The molecular formula is C19H16FN3O2S. The summed E-state index contributed by atoms with van der Waals surface area (Å²) in [7, 11) is 0. The Hall–Kier alpha value is -3.06. The molecule has 0 saturated heterocycles. The van der Waals surface area contributed by atoms with Crippen molar-refractivity contribution in [1.82, 2.24) is 4.98 Å². The second kappa shape index (κ2) is 7.88. The van der Waals surface area contributed by atoms with Crippen LogP contribution in [0.1, 0.15) is 27.7 Å². The number of nitrogens with zero attached hydrogens (tertiary/aromatic N) is 1. The highest BCUT2D eigenvalue weighted by Crippen LogP contribution is 2.22. The van der Waals surface area contributed by atoms with Gasteiger partial charge in [-0.3, -0.25) is 14.9 Å². The normalized spacial score (nSPS) is 10.4. The van der Waals surface area contributed by atoms with Crippen molar-refractivity contribution in [3.8, 4) is 0 Å². The van der Waals surface area contributed by atoms with E-state index in [0.717, 1.165) is 10.4 Å². The molecule has 2 aromatic carbocycles. The molecule has 0 saturated carbocycles. The zero-order chi connectivity index (χ0) is 18.5. The third-order valence-corrected chi connectivity index (χ3v) is 4.45. The number of benzene rings is 2. The summed E-state index contributed by atoms with van der Waals surface area (Å²) in [6.07, 6.45) is 2.32. The molecular weight excluding hydrogens is 353 g/mol. The average molecular weight is 369 g/mol. The van der Waals surface area contributed by atoms with Crippen LogP contribution in [0.5, 0.6) is 0 Å². The Balaban J connectivity index is 1.62. The molecule has 2 amide bonds. The average Bonchev–Trinajstić information content (AvgIpc) is 3.04. The molecule has 26 heavy (non-hydrogen) atoms. The molecule has 0 atom stereocenters. The summed E-state index contributed by atoms with van der Waals surface area (Å²) in [5, 5.41) is 5.90. The Bertz CT molecular complexity index is 921. The number of aromatic nitrogens is 1. The van der Waals surface area contributed by atoms with Crippen molar-refractivity contribution in [2.24, 2.45) is 0 Å². The first-order chi connectivity index (χ1) is 12.5. The lowest BCUT2D eigenvalue weighted by molar-refractivity contribution is -0.114. The molecule has 0 fully saturated rings. The summed E-state index contributed by atoms with van der Waals surface area (Å²) in [6.45, 7) is 1.42. The molecule has 0 radical (unpaired) electrons. The van der Waals surface area contributed by atoms with Gasteiger partial charge in [0.1, 0.15) is 5.82 Å². The number of anilines is 2. The lowest BCUT2D eigenvalue weighted by Gasteiger charge is -2.04. The second-order valence-electron chi connectivity index (χ2n) is 5.65. The van der Waals surface area contributed by atoms with Crippen molar-refractivity contribution in [1.29, 1.82) is 0 Å². The number of hydrogen-bond donors (Lipinski definition) is 2. The van der Waals surface area contributed by atoms with Gasteiger partial charge in [0.25, 0.3) is 5.91 Å². The van der Waals surface area contributed by atoms with Crippen LogP contribution in [0, 0.1) is 5.82 Å². The number of rotatable bonds is 5. The van der Waals surface area contributed by atoms with Gasteiger partial charge >= 0.3 is 0 Å². The van der Waals surface area contributed by atoms with Gasteiger partial charge in [0, 0.05) is 35.7 Å². The first-order valence-corrected chi connectivity index (χ1v) is 8.69. The quantitative estimate of drug-likeness (QED) is 0.712. The van der Waals surface area contributed by atoms with Gasteiger partial charge in [-0.25, -0.2) is 9.37 Å². The number of thiazole rings is 1.